The standard InChI is InChI=1S/C22H18ClF2N3O/c23-20-16(25)9-17-14(10-22(11-26,28-17)12-5-2-1-3-6-12)19(20)18-13(21(27)29)7-4-8-15(18)24/h1-9,28H,10-11,26H2,(H2,27,29). The molecule has 7 heteroatoms. The molecule has 3 aromatic rings. The highest BCUT2D eigenvalue weighted by Crippen LogP contribution is 2.48. The molecule has 148 valence electrons. The van der Waals surface area contributed by atoms with Crippen molar-refractivity contribution in [1.82, 2.24) is 0 Å². The molecule has 0 saturated heterocycles. The van der Waals surface area contributed by atoms with Crippen molar-refractivity contribution in [2.75, 3.05) is 11.9 Å². The van der Waals surface area contributed by atoms with E-state index in [1.165, 1.54) is 24.3 Å². The summed E-state index contributed by atoms with van der Waals surface area (Å²) in [7, 11) is 0. The summed E-state index contributed by atoms with van der Waals surface area (Å²) in [4.78, 5) is 11.9. The molecule has 0 aliphatic carbocycles. The zero-order valence-electron chi connectivity index (χ0n) is 15.3. The zero-order valence-corrected chi connectivity index (χ0v) is 16.1. The van der Waals surface area contributed by atoms with Crippen LogP contribution in [0.1, 0.15) is 21.5 Å². The second kappa shape index (κ2) is 7.13. The van der Waals surface area contributed by atoms with E-state index >= 15 is 0 Å². The van der Waals surface area contributed by atoms with Gasteiger partial charge in [-0.2, -0.15) is 0 Å². The van der Waals surface area contributed by atoms with Gasteiger partial charge in [0.25, 0.3) is 0 Å². The van der Waals surface area contributed by atoms with Crippen LogP contribution in [0.2, 0.25) is 5.02 Å². The van der Waals surface area contributed by atoms with Crippen molar-refractivity contribution in [1.29, 1.82) is 0 Å². The lowest BCUT2D eigenvalue weighted by atomic mass is 9.84. The number of anilines is 1. The summed E-state index contributed by atoms with van der Waals surface area (Å²) in [5.74, 6) is -2.26. The van der Waals surface area contributed by atoms with Gasteiger partial charge < -0.3 is 16.8 Å². The first-order chi connectivity index (χ1) is 13.9. The fraction of sp³-hybridized carbons (Fsp3) is 0.136. The summed E-state index contributed by atoms with van der Waals surface area (Å²) in [6.45, 7) is 0.213. The van der Waals surface area contributed by atoms with Crippen molar-refractivity contribution in [3.8, 4) is 11.1 Å². The molecule has 0 bridgehead atoms. The Labute approximate surface area is 171 Å². The molecule has 5 N–H and O–H groups in total. The normalized spacial score (nSPS) is 17.7. The van der Waals surface area contributed by atoms with Crippen LogP contribution < -0.4 is 16.8 Å². The molecule has 1 atom stereocenters. The van der Waals surface area contributed by atoms with Crippen molar-refractivity contribution in [3.63, 3.8) is 0 Å². The lowest BCUT2D eigenvalue weighted by Gasteiger charge is -2.29. The molecule has 1 heterocycles. The first kappa shape index (κ1) is 19.4. The van der Waals surface area contributed by atoms with E-state index in [9.17, 15) is 13.6 Å². The third-order valence-corrected chi connectivity index (χ3v) is 5.75. The van der Waals surface area contributed by atoms with E-state index in [0.29, 0.717) is 17.7 Å². The largest absolute Gasteiger partial charge is 0.374 e. The quantitative estimate of drug-likeness (QED) is 0.599. The molecule has 1 amide bonds. The van der Waals surface area contributed by atoms with Crippen LogP contribution in [0.15, 0.2) is 54.6 Å². The molecule has 4 rings (SSSR count). The van der Waals surface area contributed by atoms with E-state index in [0.717, 1.165) is 5.56 Å². The number of hydrogen-bond acceptors (Lipinski definition) is 3. The van der Waals surface area contributed by atoms with E-state index in [2.05, 4.69) is 5.32 Å². The van der Waals surface area contributed by atoms with E-state index in [1.54, 1.807) is 0 Å². The van der Waals surface area contributed by atoms with Crippen LogP contribution in [0.5, 0.6) is 0 Å². The number of carbonyl (C=O) groups excluding carboxylic acids is 1. The summed E-state index contributed by atoms with van der Waals surface area (Å²) < 4.78 is 29.5. The predicted molar refractivity (Wildman–Crippen MR) is 110 cm³/mol. The molecule has 3 aromatic carbocycles. The first-order valence-corrected chi connectivity index (χ1v) is 9.39. The van der Waals surface area contributed by atoms with Crippen LogP contribution in [0.4, 0.5) is 14.5 Å². The van der Waals surface area contributed by atoms with Gasteiger partial charge in [0.2, 0.25) is 5.91 Å². The minimum absolute atomic E-state index is 0.0651. The molecule has 0 saturated carbocycles. The topological polar surface area (TPSA) is 81.1 Å². The molecule has 0 aromatic heterocycles. The van der Waals surface area contributed by atoms with Gasteiger partial charge in [0.1, 0.15) is 11.6 Å². The van der Waals surface area contributed by atoms with Crippen LogP contribution >= 0.6 is 11.6 Å². The van der Waals surface area contributed by atoms with Crippen molar-refractivity contribution < 1.29 is 13.6 Å². The second-order valence-electron chi connectivity index (χ2n) is 7.05. The average Bonchev–Trinajstić information content (AvgIpc) is 3.09. The number of nitrogens with two attached hydrogens (primary N) is 2. The molecular weight excluding hydrogens is 396 g/mol. The van der Waals surface area contributed by atoms with Crippen LogP contribution in [-0.4, -0.2) is 12.5 Å². The van der Waals surface area contributed by atoms with Gasteiger partial charge in [-0.05, 0) is 29.3 Å². The van der Waals surface area contributed by atoms with Gasteiger partial charge in [-0.3, -0.25) is 4.79 Å². The molecule has 1 aliphatic heterocycles. The van der Waals surface area contributed by atoms with Gasteiger partial charge in [0.15, 0.2) is 0 Å². The molecule has 4 nitrogen and oxygen atoms in total. The number of carbonyl (C=O) groups is 1. The maximum atomic E-state index is 14.8. The maximum absolute atomic E-state index is 14.8. The highest BCUT2D eigenvalue weighted by molar-refractivity contribution is 6.34. The van der Waals surface area contributed by atoms with Gasteiger partial charge in [-0.25, -0.2) is 8.78 Å². The van der Waals surface area contributed by atoms with Gasteiger partial charge in [0.05, 0.1) is 10.6 Å². The van der Waals surface area contributed by atoms with Crippen molar-refractivity contribution in [2.24, 2.45) is 11.5 Å². The highest BCUT2D eigenvalue weighted by Gasteiger charge is 2.40. The average molecular weight is 414 g/mol. The third kappa shape index (κ3) is 3.05. The Balaban J connectivity index is 1.98. The molecule has 0 spiro atoms. The summed E-state index contributed by atoms with van der Waals surface area (Å²) in [6, 6.07) is 14.7. The van der Waals surface area contributed by atoms with E-state index in [4.69, 9.17) is 23.1 Å². The number of halogens is 3. The number of primary amides is 1. The molecule has 1 aliphatic rings. The summed E-state index contributed by atoms with van der Waals surface area (Å²) >= 11 is 6.29. The second-order valence-corrected chi connectivity index (χ2v) is 7.43. The minimum Gasteiger partial charge on any atom is -0.374 e. The molecule has 29 heavy (non-hydrogen) atoms. The summed E-state index contributed by atoms with van der Waals surface area (Å²) in [5.41, 5.74) is 12.7. The molecule has 1 unspecified atom stereocenters. The SMILES string of the molecule is NCC1(c2ccccc2)Cc2c(cc(F)c(Cl)c2-c2c(F)cccc2C(N)=O)N1. The number of amides is 1. The number of nitrogens with one attached hydrogen (secondary N) is 1. The monoisotopic (exact) mass is 413 g/mol. The summed E-state index contributed by atoms with van der Waals surface area (Å²) in [5, 5.41) is 3.03. The Morgan fingerprint density at radius 2 is 1.79 bits per heavy atom. The fourth-order valence-electron chi connectivity index (χ4n) is 3.98. The lowest BCUT2D eigenvalue weighted by Crippen LogP contribution is -2.41. The Bertz CT molecular complexity index is 1120. The number of benzene rings is 3. The summed E-state index contributed by atoms with van der Waals surface area (Å²) in [6.07, 6.45) is 0.338. The Morgan fingerprint density at radius 1 is 1.07 bits per heavy atom. The van der Waals surface area contributed by atoms with Gasteiger partial charge >= 0.3 is 0 Å². The van der Waals surface area contributed by atoms with Crippen LogP contribution in [0, 0.1) is 11.6 Å². The minimum atomic E-state index is -0.826. The maximum Gasteiger partial charge on any atom is 0.249 e. The van der Waals surface area contributed by atoms with Gasteiger partial charge in [-0.1, -0.05) is 48.0 Å². The smallest absolute Gasteiger partial charge is 0.249 e. The Morgan fingerprint density at radius 3 is 2.45 bits per heavy atom. The fourth-order valence-corrected chi connectivity index (χ4v) is 4.24. The Kier molecular flexibility index (Phi) is 4.76. The van der Waals surface area contributed by atoms with E-state index in [-0.39, 0.29) is 28.3 Å². The zero-order chi connectivity index (χ0) is 20.8. The predicted octanol–water partition coefficient (Wildman–Crippen LogP) is 4.21. The van der Waals surface area contributed by atoms with Gasteiger partial charge in [-0.15, -0.1) is 0 Å². The first-order valence-electron chi connectivity index (χ1n) is 9.01. The Hall–Kier alpha value is -2.96. The molecular formula is C22H18ClF2N3O. The van der Waals surface area contributed by atoms with Gasteiger partial charge in [0, 0.05) is 35.3 Å². The van der Waals surface area contributed by atoms with Crippen molar-refractivity contribution in [3.05, 3.63) is 87.9 Å². The molecule has 0 fully saturated rings. The molecule has 0 radical (unpaired) electrons. The van der Waals surface area contributed by atoms with Crippen molar-refractivity contribution >= 4 is 23.2 Å². The van der Waals surface area contributed by atoms with Crippen LogP contribution in [0.25, 0.3) is 11.1 Å². The van der Waals surface area contributed by atoms with Crippen LogP contribution in [0.3, 0.4) is 0 Å². The van der Waals surface area contributed by atoms with E-state index < -0.39 is 23.1 Å². The number of fused-ring (bicyclic) bond motifs is 1. The highest BCUT2D eigenvalue weighted by atomic mass is 35.5. The number of rotatable bonds is 4. The third-order valence-electron chi connectivity index (χ3n) is 5.38. The van der Waals surface area contributed by atoms with Crippen LogP contribution in [-0.2, 0) is 12.0 Å². The number of hydrogen-bond donors (Lipinski definition) is 3. The van der Waals surface area contributed by atoms with Crippen molar-refractivity contribution in [2.45, 2.75) is 12.0 Å². The lowest BCUT2D eigenvalue weighted by molar-refractivity contribution is 0.100. The van der Waals surface area contributed by atoms with E-state index in [1.807, 2.05) is 30.3 Å².